The number of nitrogens with zero attached hydrogens (tertiary/aromatic N) is 4. The van der Waals surface area contributed by atoms with Crippen molar-refractivity contribution in [3.05, 3.63) is 64.8 Å². The summed E-state index contributed by atoms with van der Waals surface area (Å²) in [7, 11) is 1.63. The van der Waals surface area contributed by atoms with Crippen molar-refractivity contribution in [3.8, 4) is 22.7 Å². The van der Waals surface area contributed by atoms with Gasteiger partial charge in [-0.15, -0.1) is 10.2 Å². The van der Waals surface area contributed by atoms with E-state index in [-0.39, 0.29) is 11.7 Å². The Morgan fingerprint density at radius 1 is 1.23 bits per heavy atom. The molecule has 0 unspecified atom stereocenters. The number of amides is 1. The largest absolute Gasteiger partial charge is 0.497 e. The van der Waals surface area contributed by atoms with E-state index >= 15 is 0 Å². The van der Waals surface area contributed by atoms with E-state index in [1.165, 1.54) is 23.1 Å². The van der Waals surface area contributed by atoms with Crippen LogP contribution in [0.5, 0.6) is 5.75 Å². The van der Waals surface area contributed by atoms with Crippen molar-refractivity contribution < 1.29 is 9.53 Å². The van der Waals surface area contributed by atoms with Crippen molar-refractivity contribution in [2.75, 3.05) is 18.2 Å². The molecule has 10 heteroatoms. The van der Waals surface area contributed by atoms with Crippen LogP contribution in [0.2, 0.25) is 5.02 Å². The SMILES string of the molecule is COc1ccc(-c2cnc(SCC(=O)Nc3nnc(C)s3)n2-c2cccc(Cl)c2)cc1. The first-order valence-corrected chi connectivity index (χ1v) is 11.4. The number of hydrogen-bond acceptors (Lipinski definition) is 7. The number of ether oxygens (including phenoxy) is 1. The third kappa shape index (κ3) is 5.07. The number of aryl methyl sites for hydroxylation is 1. The molecule has 0 aliphatic carbocycles. The van der Waals surface area contributed by atoms with E-state index in [9.17, 15) is 4.79 Å². The Bertz CT molecular complexity index is 1210. The van der Waals surface area contributed by atoms with Crippen LogP contribution in [0.15, 0.2) is 59.9 Å². The zero-order valence-electron chi connectivity index (χ0n) is 16.7. The molecule has 31 heavy (non-hydrogen) atoms. The minimum absolute atomic E-state index is 0.173. The fourth-order valence-electron chi connectivity index (χ4n) is 2.90. The molecule has 1 amide bonds. The average molecular weight is 472 g/mol. The number of hydrogen-bond donors (Lipinski definition) is 1. The molecule has 2 aromatic carbocycles. The molecule has 0 aliphatic heterocycles. The van der Waals surface area contributed by atoms with Gasteiger partial charge < -0.3 is 4.74 Å². The van der Waals surface area contributed by atoms with Crippen LogP contribution in [-0.2, 0) is 4.79 Å². The first-order valence-electron chi connectivity index (χ1n) is 9.24. The Balaban J connectivity index is 1.62. The van der Waals surface area contributed by atoms with Crippen molar-refractivity contribution in [2.24, 2.45) is 0 Å². The Morgan fingerprint density at radius 2 is 2.03 bits per heavy atom. The lowest BCUT2D eigenvalue weighted by atomic mass is 10.1. The minimum atomic E-state index is -0.173. The number of carbonyl (C=O) groups is 1. The fourth-order valence-corrected chi connectivity index (χ4v) is 4.48. The number of halogens is 1. The third-order valence-corrected chi connectivity index (χ3v) is 6.23. The van der Waals surface area contributed by atoms with Gasteiger partial charge in [0.2, 0.25) is 11.0 Å². The van der Waals surface area contributed by atoms with E-state index in [1.54, 1.807) is 13.3 Å². The highest BCUT2D eigenvalue weighted by Crippen LogP contribution is 2.31. The van der Waals surface area contributed by atoms with Crippen molar-refractivity contribution in [3.63, 3.8) is 0 Å². The van der Waals surface area contributed by atoms with E-state index in [4.69, 9.17) is 16.3 Å². The molecule has 0 atom stereocenters. The maximum Gasteiger partial charge on any atom is 0.236 e. The van der Waals surface area contributed by atoms with Crippen LogP contribution in [0.3, 0.4) is 0 Å². The van der Waals surface area contributed by atoms with Gasteiger partial charge in [-0.3, -0.25) is 14.7 Å². The Hall–Kier alpha value is -2.88. The molecular weight excluding hydrogens is 454 g/mol. The number of thioether (sulfide) groups is 1. The van der Waals surface area contributed by atoms with Crippen LogP contribution in [0.25, 0.3) is 16.9 Å². The zero-order chi connectivity index (χ0) is 21.8. The highest BCUT2D eigenvalue weighted by Gasteiger charge is 2.16. The van der Waals surface area contributed by atoms with Crippen LogP contribution >= 0.6 is 34.7 Å². The summed E-state index contributed by atoms with van der Waals surface area (Å²) in [6, 6.07) is 15.3. The average Bonchev–Trinajstić information content (AvgIpc) is 3.38. The first-order chi connectivity index (χ1) is 15.0. The van der Waals surface area contributed by atoms with Gasteiger partial charge in [0.05, 0.1) is 24.8 Å². The van der Waals surface area contributed by atoms with Crippen LogP contribution in [0.1, 0.15) is 5.01 Å². The minimum Gasteiger partial charge on any atom is -0.497 e. The molecule has 4 aromatic rings. The van der Waals surface area contributed by atoms with E-state index in [2.05, 4.69) is 20.5 Å². The highest BCUT2D eigenvalue weighted by molar-refractivity contribution is 7.99. The molecule has 7 nitrogen and oxygen atoms in total. The lowest BCUT2D eigenvalue weighted by Gasteiger charge is -2.13. The van der Waals surface area contributed by atoms with Crippen LogP contribution in [0, 0.1) is 6.92 Å². The van der Waals surface area contributed by atoms with Gasteiger partial charge in [0, 0.05) is 16.3 Å². The molecule has 2 aromatic heterocycles. The van der Waals surface area contributed by atoms with E-state index in [0.717, 1.165) is 27.7 Å². The predicted molar refractivity (Wildman–Crippen MR) is 125 cm³/mol. The van der Waals surface area contributed by atoms with E-state index in [1.807, 2.05) is 60.0 Å². The monoisotopic (exact) mass is 471 g/mol. The first kappa shape index (κ1) is 21.4. The zero-order valence-corrected chi connectivity index (χ0v) is 19.1. The molecule has 0 saturated heterocycles. The Morgan fingerprint density at radius 3 is 2.71 bits per heavy atom. The number of benzene rings is 2. The number of carbonyl (C=O) groups excluding carboxylic acids is 1. The third-order valence-electron chi connectivity index (χ3n) is 4.29. The topological polar surface area (TPSA) is 81.9 Å². The van der Waals surface area contributed by atoms with Gasteiger partial charge in [-0.25, -0.2) is 4.98 Å². The standard InChI is InChI=1S/C21H18ClN5O2S2/c1-13-25-26-20(31-13)24-19(28)12-30-21-23-11-18(14-6-8-17(29-2)9-7-14)27(21)16-5-3-4-15(22)10-16/h3-11H,12H2,1-2H3,(H,24,26,28). The predicted octanol–water partition coefficient (Wildman–Crippen LogP) is 5.09. The second-order valence-corrected chi connectivity index (χ2v) is 8.99. The van der Waals surface area contributed by atoms with Crippen molar-refractivity contribution in [1.29, 1.82) is 0 Å². The maximum atomic E-state index is 12.4. The van der Waals surface area contributed by atoms with E-state index in [0.29, 0.717) is 15.3 Å². The molecule has 0 spiro atoms. The van der Waals surface area contributed by atoms with Crippen LogP contribution < -0.4 is 10.1 Å². The molecule has 0 aliphatic rings. The van der Waals surface area contributed by atoms with Gasteiger partial charge in [-0.1, -0.05) is 40.8 Å². The number of rotatable bonds is 7. The molecule has 0 radical (unpaired) electrons. The molecule has 4 rings (SSSR count). The molecule has 158 valence electrons. The summed E-state index contributed by atoms with van der Waals surface area (Å²) in [4.78, 5) is 16.9. The van der Waals surface area contributed by atoms with Crippen LogP contribution in [-0.4, -0.2) is 38.5 Å². The Labute approximate surface area is 192 Å². The lowest BCUT2D eigenvalue weighted by Crippen LogP contribution is -2.14. The fraction of sp³-hybridized carbons (Fsp3) is 0.143. The normalized spacial score (nSPS) is 10.8. The smallest absolute Gasteiger partial charge is 0.236 e. The highest BCUT2D eigenvalue weighted by atomic mass is 35.5. The summed E-state index contributed by atoms with van der Waals surface area (Å²) in [6.45, 7) is 1.84. The molecule has 2 heterocycles. The second kappa shape index (κ2) is 9.51. The summed E-state index contributed by atoms with van der Waals surface area (Å²) < 4.78 is 7.25. The summed E-state index contributed by atoms with van der Waals surface area (Å²) in [5, 5.41) is 13.2. The molecule has 0 saturated carbocycles. The number of nitrogens with one attached hydrogen (secondary N) is 1. The number of aromatic nitrogens is 4. The molecule has 1 N–H and O–H groups in total. The van der Waals surface area contributed by atoms with Crippen molar-refractivity contribution in [1.82, 2.24) is 19.7 Å². The summed E-state index contributed by atoms with van der Waals surface area (Å²) >= 11 is 8.91. The number of methoxy groups -OCH3 is 1. The summed E-state index contributed by atoms with van der Waals surface area (Å²) in [5.41, 5.74) is 2.71. The number of anilines is 1. The Kier molecular flexibility index (Phi) is 6.55. The quantitative estimate of drug-likeness (QED) is 0.378. The van der Waals surface area contributed by atoms with Gasteiger partial charge in [0.15, 0.2) is 5.16 Å². The van der Waals surface area contributed by atoms with Gasteiger partial charge in [-0.2, -0.15) is 0 Å². The maximum absolute atomic E-state index is 12.4. The van der Waals surface area contributed by atoms with Gasteiger partial charge >= 0.3 is 0 Å². The van der Waals surface area contributed by atoms with Gasteiger partial charge in [-0.05, 0) is 49.4 Å². The van der Waals surface area contributed by atoms with E-state index < -0.39 is 0 Å². The lowest BCUT2D eigenvalue weighted by molar-refractivity contribution is -0.113. The van der Waals surface area contributed by atoms with Gasteiger partial charge in [0.1, 0.15) is 10.8 Å². The molecule has 0 bridgehead atoms. The van der Waals surface area contributed by atoms with Crippen LogP contribution in [0.4, 0.5) is 5.13 Å². The van der Waals surface area contributed by atoms with Crippen molar-refractivity contribution >= 4 is 45.7 Å². The van der Waals surface area contributed by atoms with Crippen molar-refractivity contribution in [2.45, 2.75) is 12.1 Å². The second-order valence-electron chi connectivity index (χ2n) is 6.43. The summed E-state index contributed by atoms with van der Waals surface area (Å²) in [6.07, 6.45) is 1.79. The number of imidazole rings is 1. The van der Waals surface area contributed by atoms with Gasteiger partial charge in [0.25, 0.3) is 0 Å². The molecular formula is C21H18ClN5O2S2. The molecule has 0 fully saturated rings. The summed E-state index contributed by atoms with van der Waals surface area (Å²) in [5.74, 6) is 0.779.